The summed E-state index contributed by atoms with van der Waals surface area (Å²) >= 11 is 0. The third-order valence-corrected chi connectivity index (χ3v) is 7.08. The molecule has 0 radical (unpaired) electrons. The van der Waals surface area contributed by atoms with Gasteiger partial charge in [0.25, 0.3) is 0 Å². The van der Waals surface area contributed by atoms with Crippen LogP contribution in [0, 0.1) is 17.3 Å². The van der Waals surface area contributed by atoms with Gasteiger partial charge in [0.1, 0.15) is 19.3 Å². The molecule has 0 aliphatic carbocycles. The summed E-state index contributed by atoms with van der Waals surface area (Å²) in [7, 11) is 0. The minimum Gasteiger partial charge on any atom is -0.486 e. The van der Waals surface area contributed by atoms with Gasteiger partial charge < -0.3 is 9.47 Å². The van der Waals surface area contributed by atoms with E-state index in [9.17, 15) is 14.4 Å². The topological polar surface area (TPSA) is 88.5 Å². The normalized spacial score (nSPS) is 26.9. The summed E-state index contributed by atoms with van der Waals surface area (Å²) in [6, 6.07) is 11.5. The number of Topliss-reactive ketones (excluding diaryl/α,β-unsaturated/α-hetero) is 1. The molecule has 8 nitrogen and oxygen atoms in total. The smallest absolute Gasteiger partial charge is 0.240 e. The number of carbonyl (C=O) groups is 3. The number of anilines is 1. The van der Waals surface area contributed by atoms with Crippen LogP contribution >= 0.6 is 0 Å². The number of carbonyl (C=O) groups excluding carboxylic acids is 3. The Hall–Kier alpha value is -3.68. The van der Waals surface area contributed by atoms with Crippen LogP contribution in [0.3, 0.4) is 0 Å². The first-order valence-corrected chi connectivity index (χ1v) is 11.5. The molecule has 0 aromatic heterocycles. The van der Waals surface area contributed by atoms with Crippen molar-refractivity contribution >= 4 is 29.5 Å². The monoisotopic (exact) mass is 459 g/mol. The Balaban J connectivity index is 1.47. The van der Waals surface area contributed by atoms with E-state index in [1.807, 2.05) is 45.0 Å². The van der Waals surface area contributed by atoms with Crippen LogP contribution in [0.4, 0.5) is 5.69 Å². The third-order valence-electron chi connectivity index (χ3n) is 7.08. The molecule has 0 N–H and O–H groups in total. The van der Waals surface area contributed by atoms with Crippen molar-refractivity contribution in [2.45, 2.75) is 32.9 Å². The van der Waals surface area contributed by atoms with Gasteiger partial charge in [0.2, 0.25) is 11.8 Å². The molecule has 4 heterocycles. The van der Waals surface area contributed by atoms with E-state index < -0.39 is 29.3 Å². The molecule has 4 aliphatic rings. The molecule has 2 fully saturated rings. The molecule has 174 valence electrons. The fourth-order valence-corrected chi connectivity index (χ4v) is 5.54. The van der Waals surface area contributed by atoms with E-state index in [4.69, 9.17) is 9.47 Å². The number of imide groups is 1. The predicted octanol–water partition coefficient (Wildman–Crippen LogP) is 2.95. The number of ether oxygens (including phenoxy) is 2. The Morgan fingerprint density at radius 3 is 2.44 bits per heavy atom. The van der Waals surface area contributed by atoms with Crippen LogP contribution in [0.1, 0.15) is 37.9 Å². The number of ketones is 1. The summed E-state index contributed by atoms with van der Waals surface area (Å²) in [6.45, 7) is 6.35. The van der Waals surface area contributed by atoms with E-state index in [1.165, 1.54) is 4.90 Å². The van der Waals surface area contributed by atoms with Gasteiger partial charge in [-0.05, 0) is 23.3 Å². The molecular weight excluding hydrogens is 434 g/mol. The van der Waals surface area contributed by atoms with E-state index in [-0.39, 0.29) is 17.6 Å². The van der Waals surface area contributed by atoms with Crippen molar-refractivity contribution in [2.75, 3.05) is 18.1 Å². The maximum atomic E-state index is 13.9. The highest BCUT2D eigenvalue weighted by Gasteiger charge is 2.66. The van der Waals surface area contributed by atoms with Gasteiger partial charge in [-0.1, -0.05) is 45.0 Å². The van der Waals surface area contributed by atoms with Crippen LogP contribution < -0.4 is 14.4 Å². The van der Waals surface area contributed by atoms with Gasteiger partial charge in [-0.3, -0.25) is 19.4 Å². The van der Waals surface area contributed by atoms with E-state index in [0.29, 0.717) is 30.4 Å². The molecule has 2 aromatic carbocycles. The van der Waals surface area contributed by atoms with Crippen LogP contribution in [-0.4, -0.2) is 48.1 Å². The zero-order valence-electron chi connectivity index (χ0n) is 19.2. The Labute approximate surface area is 197 Å². The number of amides is 2. The molecule has 4 aliphatic heterocycles. The lowest BCUT2D eigenvalue weighted by molar-refractivity contribution is -0.136. The summed E-state index contributed by atoms with van der Waals surface area (Å²) in [5.74, 6) is -1.26. The number of hydrogen-bond acceptors (Lipinski definition) is 7. The fraction of sp³-hybridized carbons (Fsp3) is 0.385. The highest BCUT2D eigenvalue weighted by Crippen LogP contribution is 2.54. The largest absolute Gasteiger partial charge is 0.486 e. The number of hydrogen-bond donors (Lipinski definition) is 0. The fourth-order valence-electron chi connectivity index (χ4n) is 5.54. The number of rotatable bonds is 2. The standard InChI is InChI=1S/C26H25N3O5/c1-26(2,3)23(30)22-20-19(21-16-7-5-4-6-14(16)13-27-29(21)22)24(31)28(25(20)32)15-8-9-17-18(12-15)34-11-10-33-17/h4-9,12-13,19-22H,10-11H2,1-3H3/t19-,20+,21+,22-/m1/s1. The zero-order valence-corrected chi connectivity index (χ0v) is 19.2. The second-order valence-corrected chi connectivity index (χ2v) is 10.1. The van der Waals surface area contributed by atoms with Gasteiger partial charge >= 0.3 is 0 Å². The third kappa shape index (κ3) is 2.84. The van der Waals surface area contributed by atoms with Crippen molar-refractivity contribution in [1.29, 1.82) is 0 Å². The number of hydrazone groups is 1. The number of nitrogens with zero attached hydrogens (tertiary/aromatic N) is 3. The van der Waals surface area contributed by atoms with Gasteiger partial charge in [0, 0.05) is 11.5 Å². The summed E-state index contributed by atoms with van der Waals surface area (Å²) in [6.07, 6.45) is 1.71. The summed E-state index contributed by atoms with van der Waals surface area (Å²) in [4.78, 5) is 42.6. The average molecular weight is 460 g/mol. The first kappa shape index (κ1) is 20.9. The Morgan fingerprint density at radius 1 is 0.971 bits per heavy atom. The van der Waals surface area contributed by atoms with Crippen LogP contribution in [-0.2, 0) is 14.4 Å². The number of fused-ring (bicyclic) bond motifs is 6. The molecule has 2 saturated heterocycles. The minimum absolute atomic E-state index is 0.105. The molecule has 0 spiro atoms. The van der Waals surface area contributed by atoms with E-state index >= 15 is 0 Å². The van der Waals surface area contributed by atoms with E-state index in [1.54, 1.807) is 29.4 Å². The highest BCUT2D eigenvalue weighted by atomic mass is 16.6. The maximum Gasteiger partial charge on any atom is 0.240 e. The van der Waals surface area contributed by atoms with Gasteiger partial charge in [-0.25, -0.2) is 4.90 Å². The van der Waals surface area contributed by atoms with Crippen molar-refractivity contribution in [3.63, 3.8) is 0 Å². The maximum absolute atomic E-state index is 13.9. The number of benzene rings is 2. The van der Waals surface area contributed by atoms with E-state index in [0.717, 1.165) is 11.1 Å². The quantitative estimate of drug-likeness (QED) is 0.642. The second-order valence-electron chi connectivity index (χ2n) is 10.1. The molecule has 34 heavy (non-hydrogen) atoms. The van der Waals surface area contributed by atoms with Crippen LogP contribution in [0.15, 0.2) is 47.6 Å². The summed E-state index contributed by atoms with van der Waals surface area (Å²) < 4.78 is 11.3. The van der Waals surface area contributed by atoms with Gasteiger partial charge in [-0.15, -0.1) is 0 Å². The van der Waals surface area contributed by atoms with Crippen LogP contribution in [0.5, 0.6) is 11.5 Å². The molecule has 8 heteroatoms. The Morgan fingerprint density at radius 2 is 1.68 bits per heavy atom. The molecular formula is C26H25N3O5. The molecule has 4 atom stereocenters. The summed E-state index contributed by atoms with van der Waals surface area (Å²) in [5.41, 5.74) is 1.52. The van der Waals surface area contributed by atoms with E-state index in [2.05, 4.69) is 5.10 Å². The zero-order chi connectivity index (χ0) is 23.8. The Kier molecular flexibility index (Phi) is 4.40. The minimum atomic E-state index is -0.821. The van der Waals surface area contributed by atoms with Crippen molar-refractivity contribution in [3.8, 4) is 11.5 Å². The Bertz CT molecular complexity index is 1260. The lowest BCUT2D eigenvalue weighted by atomic mass is 9.79. The second kappa shape index (κ2) is 7.16. The first-order chi connectivity index (χ1) is 16.3. The molecule has 0 unspecified atom stereocenters. The molecule has 2 aromatic rings. The summed E-state index contributed by atoms with van der Waals surface area (Å²) in [5, 5.41) is 6.28. The van der Waals surface area contributed by atoms with Crippen molar-refractivity contribution in [2.24, 2.45) is 22.4 Å². The van der Waals surface area contributed by atoms with Crippen LogP contribution in [0.25, 0.3) is 0 Å². The lowest BCUT2D eigenvalue weighted by Crippen LogP contribution is -2.48. The molecule has 6 rings (SSSR count). The molecule has 2 amide bonds. The van der Waals surface area contributed by atoms with Crippen molar-refractivity contribution in [3.05, 3.63) is 53.6 Å². The lowest BCUT2D eigenvalue weighted by Gasteiger charge is -2.35. The average Bonchev–Trinajstić information content (AvgIpc) is 3.30. The van der Waals surface area contributed by atoms with Gasteiger partial charge in [0.15, 0.2) is 17.3 Å². The van der Waals surface area contributed by atoms with Gasteiger partial charge in [-0.2, -0.15) is 5.10 Å². The first-order valence-electron chi connectivity index (χ1n) is 11.5. The van der Waals surface area contributed by atoms with Crippen molar-refractivity contribution in [1.82, 2.24) is 5.01 Å². The SMILES string of the molecule is CC(C)(C)C(=O)[C@H]1[C@H]2C(=O)N(c3ccc4c(c3)OCCO4)C(=O)[C@H]2[C@@H]2c3ccccc3C=NN12. The predicted molar refractivity (Wildman–Crippen MR) is 124 cm³/mol. The molecule has 0 saturated carbocycles. The molecule has 0 bridgehead atoms. The van der Waals surface area contributed by atoms with Gasteiger partial charge in [0.05, 0.1) is 29.8 Å². The van der Waals surface area contributed by atoms with Crippen LogP contribution in [0.2, 0.25) is 0 Å². The van der Waals surface area contributed by atoms with Crippen molar-refractivity contribution < 1.29 is 23.9 Å². The highest BCUT2D eigenvalue weighted by molar-refractivity contribution is 6.24.